The molecule has 1 atom stereocenters. The maximum atomic E-state index is 12.9. The van der Waals surface area contributed by atoms with Gasteiger partial charge in [0.2, 0.25) is 21.8 Å². The standard InChI is InChI=1S/C20H29ClN4O5S/c1-23(2)6-3-7-24-14-15(12-19(24)26)20(27)22-18-13-16(4-5-17(18)21)31(28,29)25-8-10-30-11-9-25/h4-5,13,15H,3,6-12,14H2,1-2H3,(H,22,27). The number of benzene rings is 1. The van der Waals surface area contributed by atoms with Gasteiger partial charge in [-0.05, 0) is 45.3 Å². The Balaban J connectivity index is 1.66. The molecule has 3 rings (SSSR count). The maximum Gasteiger partial charge on any atom is 0.243 e. The largest absolute Gasteiger partial charge is 0.379 e. The second-order valence-electron chi connectivity index (χ2n) is 8.04. The SMILES string of the molecule is CN(C)CCCN1CC(C(=O)Nc2cc(S(=O)(=O)N3CCOCC3)ccc2Cl)CC1=O. The Bertz CT molecular complexity index is 918. The van der Waals surface area contributed by atoms with Gasteiger partial charge < -0.3 is 19.9 Å². The summed E-state index contributed by atoms with van der Waals surface area (Å²) in [5.41, 5.74) is 0.222. The molecule has 0 saturated carbocycles. The molecule has 11 heteroatoms. The van der Waals surface area contributed by atoms with Crippen molar-refractivity contribution in [1.82, 2.24) is 14.1 Å². The van der Waals surface area contributed by atoms with Crippen LogP contribution in [0.15, 0.2) is 23.1 Å². The zero-order valence-corrected chi connectivity index (χ0v) is 19.4. The Morgan fingerprint density at radius 2 is 2.00 bits per heavy atom. The molecule has 1 aromatic carbocycles. The molecular weight excluding hydrogens is 444 g/mol. The van der Waals surface area contributed by atoms with Gasteiger partial charge in [-0.1, -0.05) is 11.6 Å². The van der Waals surface area contributed by atoms with Crippen LogP contribution in [0.5, 0.6) is 0 Å². The van der Waals surface area contributed by atoms with E-state index in [0.29, 0.717) is 26.3 Å². The quantitative estimate of drug-likeness (QED) is 0.608. The summed E-state index contributed by atoms with van der Waals surface area (Å²) in [7, 11) is 0.229. The highest BCUT2D eigenvalue weighted by Gasteiger charge is 2.34. The first-order chi connectivity index (χ1) is 14.7. The molecule has 1 N–H and O–H groups in total. The maximum absolute atomic E-state index is 12.9. The minimum Gasteiger partial charge on any atom is -0.379 e. The van der Waals surface area contributed by atoms with Crippen molar-refractivity contribution in [2.24, 2.45) is 5.92 Å². The van der Waals surface area contributed by atoms with Gasteiger partial charge >= 0.3 is 0 Å². The molecule has 2 amide bonds. The van der Waals surface area contributed by atoms with Crippen molar-refractivity contribution in [3.05, 3.63) is 23.2 Å². The molecule has 0 radical (unpaired) electrons. The molecular formula is C20H29ClN4O5S. The lowest BCUT2D eigenvalue weighted by Gasteiger charge is -2.26. The summed E-state index contributed by atoms with van der Waals surface area (Å²) < 4.78 is 32.3. The van der Waals surface area contributed by atoms with E-state index in [4.69, 9.17) is 16.3 Å². The number of ether oxygens (including phenoxy) is 1. The highest BCUT2D eigenvalue weighted by molar-refractivity contribution is 7.89. The van der Waals surface area contributed by atoms with Gasteiger partial charge in [-0.3, -0.25) is 9.59 Å². The molecule has 2 heterocycles. The smallest absolute Gasteiger partial charge is 0.243 e. The minimum absolute atomic E-state index is 0.0475. The lowest BCUT2D eigenvalue weighted by atomic mass is 10.1. The van der Waals surface area contributed by atoms with Crippen LogP contribution >= 0.6 is 11.6 Å². The molecule has 1 unspecified atom stereocenters. The summed E-state index contributed by atoms with van der Waals surface area (Å²) in [6, 6.07) is 4.25. The van der Waals surface area contributed by atoms with Crippen LogP contribution in [0, 0.1) is 5.92 Å². The molecule has 2 aliphatic heterocycles. The summed E-state index contributed by atoms with van der Waals surface area (Å²) in [5, 5.41) is 2.95. The van der Waals surface area contributed by atoms with Crippen molar-refractivity contribution in [3.8, 4) is 0 Å². The second-order valence-corrected chi connectivity index (χ2v) is 10.4. The van der Waals surface area contributed by atoms with Gasteiger partial charge in [0, 0.05) is 32.6 Å². The first-order valence-corrected chi connectivity index (χ1v) is 12.1. The third-order valence-corrected chi connectivity index (χ3v) is 7.65. The third-order valence-electron chi connectivity index (χ3n) is 5.42. The van der Waals surface area contributed by atoms with Crippen molar-refractivity contribution >= 4 is 39.1 Å². The third kappa shape index (κ3) is 5.95. The Morgan fingerprint density at radius 3 is 2.68 bits per heavy atom. The van der Waals surface area contributed by atoms with E-state index in [-0.39, 0.29) is 46.9 Å². The van der Waals surface area contributed by atoms with Gasteiger partial charge in [0.05, 0.1) is 34.7 Å². The molecule has 172 valence electrons. The summed E-state index contributed by atoms with van der Waals surface area (Å²) in [5.74, 6) is -0.887. The normalized spacial score (nSPS) is 20.5. The summed E-state index contributed by atoms with van der Waals surface area (Å²) in [4.78, 5) is 28.8. The molecule has 0 aromatic heterocycles. The second kappa shape index (κ2) is 10.3. The van der Waals surface area contributed by atoms with Crippen molar-refractivity contribution in [2.75, 3.05) is 65.3 Å². The van der Waals surface area contributed by atoms with E-state index in [2.05, 4.69) is 5.32 Å². The van der Waals surface area contributed by atoms with Gasteiger partial charge in [0.25, 0.3) is 0 Å². The van der Waals surface area contributed by atoms with Crippen LogP contribution in [0.25, 0.3) is 0 Å². The van der Waals surface area contributed by atoms with Gasteiger partial charge in [-0.2, -0.15) is 4.31 Å². The fraction of sp³-hybridized carbons (Fsp3) is 0.600. The molecule has 1 aromatic rings. The van der Waals surface area contributed by atoms with Crippen LogP contribution in [0.3, 0.4) is 0 Å². The predicted molar refractivity (Wildman–Crippen MR) is 118 cm³/mol. The zero-order chi connectivity index (χ0) is 22.6. The number of rotatable bonds is 8. The number of likely N-dealkylation sites (tertiary alicyclic amines) is 1. The first-order valence-electron chi connectivity index (χ1n) is 10.3. The topological polar surface area (TPSA) is 99.3 Å². The fourth-order valence-electron chi connectivity index (χ4n) is 3.67. The Morgan fingerprint density at radius 1 is 1.29 bits per heavy atom. The van der Waals surface area contributed by atoms with E-state index in [1.807, 2.05) is 19.0 Å². The zero-order valence-electron chi connectivity index (χ0n) is 17.8. The molecule has 2 aliphatic rings. The lowest BCUT2D eigenvalue weighted by Crippen LogP contribution is -2.40. The minimum atomic E-state index is -3.71. The van der Waals surface area contributed by atoms with Gasteiger partial charge in [0.1, 0.15) is 0 Å². The molecule has 0 aliphatic carbocycles. The van der Waals surface area contributed by atoms with Gasteiger partial charge in [0.15, 0.2) is 0 Å². The van der Waals surface area contributed by atoms with Crippen molar-refractivity contribution in [3.63, 3.8) is 0 Å². The monoisotopic (exact) mass is 472 g/mol. The number of carbonyl (C=O) groups is 2. The van der Waals surface area contributed by atoms with Crippen LogP contribution < -0.4 is 5.32 Å². The van der Waals surface area contributed by atoms with Crippen LogP contribution in [-0.4, -0.2) is 94.4 Å². The predicted octanol–water partition coefficient (Wildman–Crippen LogP) is 1.10. The fourth-order valence-corrected chi connectivity index (χ4v) is 5.27. The van der Waals surface area contributed by atoms with E-state index >= 15 is 0 Å². The number of sulfonamides is 1. The Hall–Kier alpha value is -1.72. The number of amides is 2. The molecule has 2 fully saturated rings. The van der Waals surface area contributed by atoms with Gasteiger partial charge in [-0.15, -0.1) is 0 Å². The number of halogens is 1. The van der Waals surface area contributed by atoms with Crippen molar-refractivity contribution < 1.29 is 22.7 Å². The van der Waals surface area contributed by atoms with E-state index in [9.17, 15) is 18.0 Å². The number of hydrogen-bond acceptors (Lipinski definition) is 6. The van der Waals surface area contributed by atoms with Crippen molar-refractivity contribution in [2.45, 2.75) is 17.7 Å². The molecule has 2 saturated heterocycles. The van der Waals surface area contributed by atoms with Crippen LogP contribution in [0.2, 0.25) is 5.02 Å². The highest BCUT2D eigenvalue weighted by Crippen LogP contribution is 2.29. The number of anilines is 1. The van der Waals surface area contributed by atoms with Crippen LogP contribution in [0.1, 0.15) is 12.8 Å². The summed E-state index contributed by atoms with van der Waals surface area (Å²) in [6.45, 7) is 3.06. The van der Waals surface area contributed by atoms with E-state index in [0.717, 1.165) is 13.0 Å². The number of hydrogen-bond donors (Lipinski definition) is 1. The average molecular weight is 473 g/mol. The van der Waals surface area contributed by atoms with E-state index in [1.165, 1.54) is 22.5 Å². The number of carbonyl (C=O) groups excluding carboxylic acids is 2. The average Bonchev–Trinajstić information content (AvgIpc) is 3.10. The summed E-state index contributed by atoms with van der Waals surface area (Å²) in [6.07, 6.45) is 0.970. The Kier molecular flexibility index (Phi) is 7.92. The van der Waals surface area contributed by atoms with E-state index in [1.54, 1.807) is 4.90 Å². The van der Waals surface area contributed by atoms with Crippen molar-refractivity contribution in [1.29, 1.82) is 0 Å². The first kappa shape index (κ1) is 23.9. The van der Waals surface area contributed by atoms with Gasteiger partial charge in [-0.25, -0.2) is 8.42 Å². The van der Waals surface area contributed by atoms with E-state index < -0.39 is 15.9 Å². The van der Waals surface area contributed by atoms with Crippen LogP contribution in [0.4, 0.5) is 5.69 Å². The van der Waals surface area contributed by atoms with Crippen LogP contribution in [-0.2, 0) is 24.3 Å². The summed E-state index contributed by atoms with van der Waals surface area (Å²) >= 11 is 6.21. The highest BCUT2D eigenvalue weighted by atomic mass is 35.5. The number of morpholine rings is 1. The molecule has 0 spiro atoms. The molecule has 0 bridgehead atoms. The Labute approximate surface area is 188 Å². The number of nitrogens with one attached hydrogen (secondary N) is 1. The number of nitrogens with zero attached hydrogens (tertiary/aromatic N) is 3. The molecule has 9 nitrogen and oxygen atoms in total. The molecule has 31 heavy (non-hydrogen) atoms. The lowest BCUT2D eigenvalue weighted by molar-refractivity contribution is -0.128.